The highest BCUT2D eigenvalue weighted by atomic mass is 16.5. The van der Waals surface area contributed by atoms with Gasteiger partial charge < -0.3 is 10.5 Å². The maximum atomic E-state index is 5.90. The normalized spacial score (nSPS) is 14.9. The van der Waals surface area contributed by atoms with Gasteiger partial charge in [0.25, 0.3) is 0 Å². The van der Waals surface area contributed by atoms with Crippen molar-refractivity contribution in [2.45, 2.75) is 38.8 Å². The van der Waals surface area contributed by atoms with E-state index >= 15 is 0 Å². The minimum atomic E-state index is 0.0403. The van der Waals surface area contributed by atoms with Gasteiger partial charge >= 0.3 is 0 Å². The highest BCUT2D eigenvalue weighted by Gasteiger charge is 2.10. The van der Waals surface area contributed by atoms with Crippen molar-refractivity contribution in [3.05, 3.63) is 64.7 Å². The first-order valence-electron chi connectivity index (χ1n) is 7.31. The number of benzene rings is 2. The Morgan fingerprint density at radius 2 is 1.95 bits per heavy atom. The number of nitrogens with two attached hydrogens (primary N) is 1. The molecule has 0 unspecified atom stereocenters. The van der Waals surface area contributed by atoms with Crippen molar-refractivity contribution in [2.75, 3.05) is 0 Å². The molecular weight excluding hydrogens is 246 g/mol. The topological polar surface area (TPSA) is 35.2 Å². The third kappa shape index (κ3) is 2.86. The molecule has 104 valence electrons. The lowest BCUT2D eigenvalue weighted by atomic mass is 10.1. The summed E-state index contributed by atoms with van der Waals surface area (Å²) in [5, 5.41) is 0. The van der Waals surface area contributed by atoms with E-state index in [4.69, 9.17) is 10.5 Å². The van der Waals surface area contributed by atoms with E-state index < -0.39 is 0 Å². The van der Waals surface area contributed by atoms with E-state index in [0.29, 0.717) is 6.61 Å². The summed E-state index contributed by atoms with van der Waals surface area (Å²) in [6, 6.07) is 14.8. The van der Waals surface area contributed by atoms with E-state index in [0.717, 1.165) is 11.3 Å². The molecule has 0 saturated heterocycles. The number of hydrogen-bond donors (Lipinski definition) is 1. The number of ether oxygens (including phenoxy) is 1. The zero-order valence-corrected chi connectivity index (χ0v) is 11.9. The van der Waals surface area contributed by atoms with Crippen molar-refractivity contribution < 1.29 is 4.74 Å². The Hall–Kier alpha value is -1.80. The predicted molar refractivity (Wildman–Crippen MR) is 81.8 cm³/mol. The molecule has 2 N–H and O–H groups in total. The van der Waals surface area contributed by atoms with Crippen molar-refractivity contribution in [1.29, 1.82) is 0 Å². The summed E-state index contributed by atoms with van der Waals surface area (Å²) in [7, 11) is 0. The van der Waals surface area contributed by atoms with Crippen LogP contribution in [-0.4, -0.2) is 0 Å². The van der Waals surface area contributed by atoms with E-state index in [-0.39, 0.29) is 6.04 Å². The zero-order valence-electron chi connectivity index (χ0n) is 11.9. The Labute approximate surface area is 120 Å². The summed E-state index contributed by atoms with van der Waals surface area (Å²) in [5.74, 6) is 0.889. The molecule has 1 aliphatic carbocycles. The molecule has 2 heteroatoms. The molecule has 1 atom stereocenters. The van der Waals surface area contributed by atoms with Crippen molar-refractivity contribution in [1.82, 2.24) is 0 Å². The largest absolute Gasteiger partial charge is 0.489 e. The fraction of sp³-hybridized carbons (Fsp3) is 0.333. The van der Waals surface area contributed by atoms with Crippen LogP contribution in [0.4, 0.5) is 0 Å². The van der Waals surface area contributed by atoms with Gasteiger partial charge in [0.1, 0.15) is 12.4 Å². The van der Waals surface area contributed by atoms with Gasteiger partial charge in [-0.1, -0.05) is 30.3 Å². The van der Waals surface area contributed by atoms with Crippen LogP contribution in [0.25, 0.3) is 0 Å². The summed E-state index contributed by atoms with van der Waals surface area (Å²) < 4.78 is 5.89. The average Bonchev–Trinajstić information content (AvgIpc) is 2.93. The zero-order chi connectivity index (χ0) is 13.9. The quantitative estimate of drug-likeness (QED) is 0.915. The summed E-state index contributed by atoms with van der Waals surface area (Å²) in [4.78, 5) is 0. The van der Waals surface area contributed by atoms with Gasteiger partial charge in [-0.25, -0.2) is 0 Å². The van der Waals surface area contributed by atoms with Crippen LogP contribution in [0, 0.1) is 0 Å². The van der Waals surface area contributed by atoms with Gasteiger partial charge in [-0.15, -0.1) is 0 Å². The molecule has 2 aromatic rings. The number of hydrogen-bond acceptors (Lipinski definition) is 2. The first-order chi connectivity index (χ1) is 9.72. The van der Waals surface area contributed by atoms with Crippen LogP contribution in [0.2, 0.25) is 0 Å². The molecule has 2 aromatic carbocycles. The predicted octanol–water partition coefficient (Wildman–Crippen LogP) is 3.77. The van der Waals surface area contributed by atoms with Gasteiger partial charge in [0.15, 0.2) is 0 Å². The van der Waals surface area contributed by atoms with Crippen molar-refractivity contribution in [3.8, 4) is 5.75 Å². The fourth-order valence-electron chi connectivity index (χ4n) is 2.77. The molecule has 0 spiro atoms. The first kappa shape index (κ1) is 13.2. The monoisotopic (exact) mass is 267 g/mol. The van der Waals surface area contributed by atoms with Crippen molar-refractivity contribution >= 4 is 0 Å². The molecule has 0 saturated carbocycles. The molecule has 0 amide bonds. The second-order valence-electron chi connectivity index (χ2n) is 5.61. The molecule has 0 bridgehead atoms. The van der Waals surface area contributed by atoms with E-state index in [9.17, 15) is 0 Å². The van der Waals surface area contributed by atoms with E-state index in [1.807, 2.05) is 31.2 Å². The standard InChI is InChI=1S/C18H21NO/c1-13(19)16-5-3-7-18(11-16)20-12-14-8-9-15-4-2-6-17(15)10-14/h3,5,7-11,13H,2,4,6,12,19H2,1H3/t13-/m0/s1. The summed E-state index contributed by atoms with van der Waals surface area (Å²) >= 11 is 0. The number of fused-ring (bicyclic) bond motifs is 1. The Bertz CT molecular complexity index is 604. The summed E-state index contributed by atoms with van der Waals surface area (Å²) in [6.07, 6.45) is 3.73. The molecule has 0 heterocycles. The Morgan fingerprint density at radius 1 is 1.10 bits per heavy atom. The SMILES string of the molecule is C[C@H](N)c1cccc(OCc2ccc3c(c2)CCC3)c1. The highest BCUT2D eigenvalue weighted by Crippen LogP contribution is 2.24. The summed E-state index contributed by atoms with van der Waals surface area (Å²) in [5.41, 5.74) is 11.3. The van der Waals surface area contributed by atoms with Crippen LogP contribution >= 0.6 is 0 Å². The molecule has 20 heavy (non-hydrogen) atoms. The van der Waals surface area contributed by atoms with Gasteiger partial charge in [0.2, 0.25) is 0 Å². The van der Waals surface area contributed by atoms with Crippen molar-refractivity contribution in [3.63, 3.8) is 0 Å². The molecule has 2 nitrogen and oxygen atoms in total. The summed E-state index contributed by atoms with van der Waals surface area (Å²) in [6.45, 7) is 2.61. The third-order valence-corrected chi connectivity index (χ3v) is 3.95. The lowest BCUT2D eigenvalue weighted by Gasteiger charge is -2.11. The Kier molecular flexibility index (Phi) is 3.75. The molecule has 0 aromatic heterocycles. The van der Waals surface area contributed by atoms with Crippen LogP contribution in [0.1, 0.15) is 41.6 Å². The van der Waals surface area contributed by atoms with Gasteiger partial charge in [-0.3, -0.25) is 0 Å². The molecular formula is C18H21NO. The molecule has 0 radical (unpaired) electrons. The van der Waals surface area contributed by atoms with Gasteiger partial charge in [-0.2, -0.15) is 0 Å². The average molecular weight is 267 g/mol. The molecule has 1 aliphatic rings. The van der Waals surface area contributed by atoms with E-state index in [2.05, 4.69) is 18.2 Å². The first-order valence-corrected chi connectivity index (χ1v) is 7.31. The third-order valence-electron chi connectivity index (χ3n) is 3.95. The Morgan fingerprint density at radius 3 is 2.80 bits per heavy atom. The Balaban J connectivity index is 1.69. The van der Waals surface area contributed by atoms with Crippen LogP contribution in [0.3, 0.4) is 0 Å². The van der Waals surface area contributed by atoms with Crippen LogP contribution < -0.4 is 10.5 Å². The van der Waals surface area contributed by atoms with Crippen LogP contribution in [-0.2, 0) is 19.4 Å². The number of aryl methyl sites for hydroxylation is 2. The van der Waals surface area contributed by atoms with Crippen LogP contribution in [0.5, 0.6) is 5.75 Å². The fourth-order valence-corrected chi connectivity index (χ4v) is 2.77. The minimum Gasteiger partial charge on any atom is -0.489 e. The lowest BCUT2D eigenvalue weighted by molar-refractivity contribution is 0.305. The van der Waals surface area contributed by atoms with Gasteiger partial charge in [0, 0.05) is 6.04 Å². The maximum Gasteiger partial charge on any atom is 0.120 e. The molecule has 0 fully saturated rings. The van der Waals surface area contributed by atoms with Crippen molar-refractivity contribution in [2.24, 2.45) is 5.73 Å². The molecule has 0 aliphatic heterocycles. The minimum absolute atomic E-state index is 0.0403. The van der Waals surface area contributed by atoms with Gasteiger partial charge in [0.05, 0.1) is 0 Å². The highest BCUT2D eigenvalue weighted by molar-refractivity contribution is 5.35. The second kappa shape index (κ2) is 5.68. The van der Waals surface area contributed by atoms with E-state index in [1.165, 1.54) is 36.0 Å². The second-order valence-corrected chi connectivity index (χ2v) is 5.61. The molecule has 3 rings (SSSR count). The van der Waals surface area contributed by atoms with Gasteiger partial charge in [-0.05, 0) is 60.6 Å². The van der Waals surface area contributed by atoms with E-state index in [1.54, 1.807) is 0 Å². The maximum absolute atomic E-state index is 5.90. The van der Waals surface area contributed by atoms with Crippen LogP contribution in [0.15, 0.2) is 42.5 Å². The lowest BCUT2D eigenvalue weighted by Crippen LogP contribution is -2.05. The number of rotatable bonds is 4. The smallest absolute Gasteiger partial charge is 0.120 e.